The van der Waals surface area contributed by atoms with Crippen LogP contribution in [0.1, 0.15) is 6.92 Å². The third-order valence-electron chi connectivity index (χ3n) is 0.780. The molecule has 0 bridgehead atoms. The lowest BCUT2D eigenvalue weighted by atomic mass is 10.3. The SMILES string of the molecule is CC(N=[N+]=[N-])=C(C#N)C#N. The summed E-state index contributed by atoms with van der Waals surface area (Å²) in [5.74, 6) is 0. The number of allylic oxidation sites excluding steroid dienone is 2. The summed E-state index contributed by atoms with van der Waals surface area (Å²) in [6, 6.07) is 3.18. The molecule has 0 aromatic carbocycles. The van der Waals surface area contributed by atoms with Gasteiger partial charge in [0.15, 0.2) is 0 Å². The maximum Gasteiger partial charge on any atom is 0.134 e. The van der Waals surface area contributed by atoms with E-state index in [2.05, 4.69) is 10.0 Å². The fourth-order valence-corrected chi connectivity index (χ4v) is 0.304. The van der Waals surface area contributed by atoms with E-state index in [4.69, 9.17) is 16.1 Å². The maximum atomic E-state index is 8.21. The van der Waals surface area contributed by atoms with Gasteiger partial charge < -0.3 is 0 Å². The molecular weight excluding hydrogens is 130 g/mol. The third kappa shape index (κ3) is 1.87. The Morgan fingerprint density at radius 1 is 1.50 bits per heavy atom. The van der Waals surface area contributed by atoms with Crippen molar-refractivity contribution in [2.75, 3.05) is 0 Å². The molecule has 0 aliphatic carbocycles. The van der Waals surface area contributed by atoms with Crippen LogP contribution in [0.3, 0.4) is 0 Å². The Labute approximate surface area is 57.4 Å². The number of rotatable bonds is 1. The van der Waals surface area contributed by atoms with E-state index in [9.17, 15) is 0 Å². The number of hydrogen-bond donors (Lipinski definition) is 0. The monoisotopic (exact) mass is 133 g/mol. The van der Waals surface area contributed by atoms with Crippen LogP contribution in [0.25, 0.3) is 10.4 Å². The van der Waals surface area contributed by atoms with Crippen LogP contribution < -0.4 is 0 Å². The van der Waals surface area contributed by atoms with Crippen molar-refractivity contribution in [3.63, 3.8) is 0 Å². The predicted octanol–water partition coefficient (Wildman–Crippen LogP) is 1.62. The first-order chi connectivity index (χ1) is 4.76. The molecule has 0 atom stereocenters. The van der Waals surface area contributed by atoms with Crippen molar-refractivity contribution in [2.24, 2.45) is 5.11 Å². The van der Waals surface area contributed by atoms with E-state index in [1.165, 1.54) is 6.92 Å². The van der Waals surface area contributed by atoms with Crippen molar-refractivity contribution in [1.29, 1.82) is 10.5 Å². The lowest BCUT2D eigenvalue weighted by Crippen LogP contribution is -1.76. The van der Waals surface area contributed by atoms with Gasteiger partial charge >= 0.3 is 0 Å². The van der Waals surface area contributed by atoms with Gasteiger partial charge in [-0.15, -0.1) is 0 Å². The van der Waals surface area contributed by atoms with Gasteiger partial charge in [-0.05, 0) is 12.5 Å². The highest BCUT2D eigenvalue weighted by atomic mass is 15.1. The average molecular weight is 133 g/mol. The van der Waals surface area contributed by atoms with Gasteiger partial charge in [0.1, 0.15) is 17.7 Å². The molecule has 0 amide bonds. The molecule has 0 aromatic heterocycles. The molecule has 5 nitrogen and oxygen atoms in total. The Morgan fingerprint density at radius 3 is 2.30 bits per heavy atom. The van der Waals surface area contributed by atoms with E-state index in [-0.39, 0.29) is 11.3 Å². The molecule has 0 saturated heterocycles. The number of nitrogens with zero attached hydrogens (tertiary/aromatic N) is 5. The molecule has 0 aromatic rings. The van der Waals surface area contributed by atoms with Gasteiger partial charge in [-0.1, -0.05) is 5.11 Å². The number of nitriles is 2. The molecular formula is C5H3N5. The summed E-state index contributed by atoms with van der Waals surface area (Å²) in [6.45, 7) is 1.40. The van der Waals surface area contributed by atoms with Gasteiger partial charge in [0.2, 0.25) is 0 Å². The molecule has 0 spiro atoms. The fourth-order valence-electron chi connectivity index (χ4n) is 0.304. The quantitative estimate of drug-likeness (QED) is 0.235. The number of hydrogen-bond acceptors (Lipinski definition) is 3. The molecule has 0 aliphatic heterocycles. The van der Waals surface area contributed by atoms with Crippen LogP contribution >= 0.6 is 0 Å². The summed E-state index contributed by atoms with van der Waals surface area (Å²) in [5, 5.41) is 19.5. The van der Waals surface area contributed by atoms with Crippen molar-refractivity contribution < 1.29 is 0 Å². The van der Waals surface area contributed by atoms with Crippen molar-refractivity contribution in [2.45, 2.75) is 6.92 Å². The highest BCUT2D eigenvalue weighted by Gasteiger charge is 1.95. The Bertz CT molecular complexity index is 264. The molecule has 5 heteroatoms. The largest absolute Gasteiger partial charge is 0.192 e. The van der Waals surface area contributed by atoms with Crippen LogP contribution in [0.2, 0.25) is 0 Å². The summed E-state index contributed by atoms with van der Waals surface area (Å²) in [7, 11) is 0. The van der Waals surface area contributed by atoms with Crippen LogP contribution in [-0.4, -0.2) is 0 Å². The molecule has 0 fully saturated rings. The Hall–Kier alpha value is -1.97. The summed E-state index contributed by atoms with van der Waals surface area (Å²) >= 11 is 0. The Balaban J connectivity index is 4.87. The molecule has 0 heterocycles. The van der Waals surface area contributed by atoms with Crippen LogP contribution in [-0.2, 0) is 0 Å². The highest BCUT2D eigenvalue weighted by molar-refractivity contribution is 5.38. The van der Waals surface area contributed by atoms with E-state index >= 15 is 0 Å². The molecule has 48 valence electrons. The zero-order valence-electron chi connectivity index (χ0n) is 5.24. The molecule has 0 aliphatic rings. The van der Waals surface area contributed by atoms with Crippen molar-refractivity contribution >= 4 is 0 Å². The lowest BCUT2D eigenvalue weighted by Gasteiger charge is -1.83. The van der Waals surface area contributed by atoms with Crippen molar-refractivity contribution in [1.82, 2.24) is 0 Å². The zero-order chi connectivity index (χ0) is 7.98. The van der Waals surface area contributed by atoms with Crippen LogP contribution in [0, 0.1) is 22.7 Å². The van der Waals surface area contributed by atoms with Gasteiger partial charge in [-0.25, -0.2) is 0 Å². The first-order valence-electron chi connectivity index (χ1n) is 2.32. The summed E-state index contributed by atoms with van der Waals surface area (Å²) in [6.07, 6.45) is 0. The molecule has 0 unspecified atom stereocenters. The average Bonchev–Trinajstić information content (AvgIpc) is 1.91. The topological polar surface area (TPSA) is 96.3 Å². The van der Waals surface area contributed by atoms with Crippen LogP contribution in [0.15, 0.2) is 16.4 Å². The van der Waals surface area contributed by atoms with E-state index in [1.54, 1.807) is 12.1 Å². The minimum absolute atomic E-state index is 0.104. The minimum atomic E-state index is -0.155. The van der Waals surface area contributed by atoms with E-state index in [0.29, 0.717) is 0 Å². The second kappa shape index (κ2) is 3.96. The molecule has 0 saturated carbocycles. The normalized spacial score (nSPS) is 6.30. The third-order valence-corrected chi connectivity index (χ3v) is 0.780. The lowest BCUT2D eigenvalue weighted by molar-refractivity contribution is 1.24. The summed E-state index contributed by atoms with van der Waals surface area (Å²) in [4.78, 5) is 2.42. The smallest absolute Gasteiger partial charge is 0.134 e. The maximum absolute atomic E-state index is 8.21. The second-order valence-electron chi connectivity index (χ2n) is 1.37. The van der Waals surface area contributed by atoms with Gasteiger partial charge in [-0.3, -0.25) is 0 Å². The Morgan fingerprint density at radius 2 is 2.00 bits per heavy atom. The van der Waals surface area contributed by atoms with Crippen LogP contribution in [0.4, 0.5) is 0 Å². The van der Waals surface area contributed by atoms with Crippen molar-refractivity contribution in [3.8, 4) is 12.1 Å². The highest BCUT2D eigenvalue weighted by Crippen LogP contribution is 2.02. The minimum Gasteiger partial charge on any atom is -0.192 e. The fraction of sp³-hybridized carbons (Fsp3) is 0.200. The van der Waals surface area contributed by atoms with Gasteiger partial charge in [0.05, 0.1) is 0 Å². The van der Waals surface area contributed by atoms with Crippen molar-refractivity contribution in [3.05, 3.63) is 21.7 Å². The van der Waals surface area contributed by atoms with Crippen LogP contribution in [0.5, 0.6) is 0 Å². The van der Waals surface area contributed by atoms with E-state index in [1.807, 2.05) is 0 Å². The van der Waals surface area contributed by atoms with Gasteiger partial charge in [-0.2, -0.15) is 10.5 Å². The zero-order valence-corrected chi connectivity index (χ0v) is 5.24. The molecule has 0 radical (unpaired) electrons. The molecule has 0 rings (SSSR count). The first kappa shape index (κ1) is 8.03. The predicted molar refractivity (Wildman–Crippen MR) is 33.1 cm³/mol. The standard InChI is InChI=1S/C5H3N5/c1-4(9-10-8)5(2-6)3-7/h1H3. The molecule has 10 heavy (non-hydrogen) atoms. The van der Waals surface area contributed by atoms with E-state index in [0.717, 1.165) is 0 Å². The number of azide groups is 1. The van der Waals surface area contributed by atoms with Gasteiger partial charge in [0.25, 0.3) is 0 Å². The molecule has 0 N–H and O–H groups in total. The summed E-state index contributed by atoms with van der Waals surface area (Å²) in [5.41, 5.74) is 7.83. The van der Waals surface area contributed by atoms with Gasteiger partial charge in [0, 0.05) is 10.6 Å². The summed E-state index contributed by atoms with van der Waals surface area (Å²) < 4.78 is 0. The van der Waals surface area contributed by atoms with E-state index < -0.39 is 0 Å². The first-order valence-corrected chi connectivity index (χ1v) is 2.32. The Kier molecular flexibility index (Phi) is 3.18. The second-order valence-corrected chi connectivity index (χ2v) is 1.37.